The number of likely N-dealkylation sites (tertiary alicyclic amines) is 1. The Kier molecular flexibility index (Phi) is 10.4. The maximum atomic E-state index is 14.4. The van der Waals surface area contributed by atoms with Crippen LogP contribution >= 0.6 is 11.6 Å². The maximum absolute atomic E-state index is 14.4. The number of sulfonamides is 1. The molecule has 0 spiro atoms. The zero-order chi connectivity index (χ0) is 39.5. The fourth-order valence-electron chi connectivity index (χ4n) is 6.95. The summed E-state index contributed by atoms with van der Waals surface area (Å²) >= 11 is 6.29. The van der Waals surface area contributed by atoms with Gasteiger partial charge < -0.3 is 29.7 Å². The quantitative estimate of drug-likeness (QED) is 0.281. The van der Waals surface area contributed by atoms with Gasteiger partial charge in [0, 0.05) is 22.2 Å². The second-order valence-electron chi connectivity index (χ2n) is 15.6. The third-order valence-electron chi connectivity index (χ3n) is 10.4. The predicted octanol–water partition coefficient (Wildman–Crippen LogP) is 4.23. The van der Waals surface area contributed by atoms with Crippen molar-refractivity contribution in [3.8, 4) is 11.6 Å². The number of hydrogen-bond acceptors (Lipinski definition) is 10. The number of carbonyl (C=O) groups is 4. The first-order valence-electron chi connectivity index (χ1n) is 17.7. The van der Waals surface area contributed by atoms with Gasteiger partial charge in [0.15, 0.2) is 6.10 Å². The van der Waals surface area contributed by atoms with Gasteiger partial charge >= 0.3 is 12.3 Å². The molecule has 3 saturated carbocycles. The molecular weight excluding hydrogens is 759 g/mol. The van der Waals surface area contributed by atoms with Gasteiger partial charge in [-0.2, -0.15) is 13.2 Å². The molecule has 6 atom stereocenters. The van der Waals surface area contributed by atoms with E-state index in [1.807, 2.05) is 0 Å². The number of hydrogen-bond donors (Lipinski definition) is 3. The van der Waals surface area contributed by atoms with Crippen molar-refractivity contribution in [2.24, 2.45) is 17.3 Å². The molecule has 2 heterocycles. The molecule has 296 valence electrons. The highest BCUT2D eigenvalue weighted by atomic mass is 35.5. The molecule has 0 unspecified atom stereocenters. The van der Waals surface area contributed by atoms with E-state index in [1.54, 1.807) is 39.0 Å². The summed E-state index contributed by atoms with van der Waals surface area (Å²) in [6, 6.07) is 2.17. The van der Waals surface area contributed by atoms with Crippen molar-refractivity contribution in [3.63, 3.8) is 0 Å². The number of nitrogens with one attached hydrogen (secondary N) is 3. The molecule has 1 aliphatic heterocycles. The van der Waals surface area contributed by atoms with Crippen LogP contribution in [0.5, 0.6) is 11.6 Å². The number of rotatable bonds is 12. The van der Waals surface area contributed by atoms with E-state index in [1.165, 1.54) is 13.3 Å². The van der Waals surface area contributed by atoms with Gasteiger partial charge in [0.05, 0.1) is 25.1 Å². The van der Waals surface area contributed by atoms with Crippen LogP contribution in [0.15, 0.2) is 24.4 Å². The SMILES string of the molecule is COc1cnc(O[C@@H]2C[C@@H](C(=O)N[C@]3(C(=O)NS(=O)(=O)C4CC4)C[C@H]3C3CC3)N(C(=O)[C@@H](NC(=O)O[C@@H](C)C(F)(F)F)C(C)(C)C)C2)c2cc(Cl)ccc12. The number of alkyl halides is 3. The van der Waals surface area contributed by atoms with Crippen molar-refractivity contribution in [1.82, 2.24) is 25.2 Å². The minimum Gasteiger partial charge on any atom is -0.494 e. The van der Waals surface area contributed by atoms with Gasteiger partial charge in [-0.15, -0.1) is 0 Å². The molecule has 19 heteroatoms. The summed E-state index contributed by atoms with van der Waals surface area (Å²) < 4.78 is 83.5. The van der Waals surface area contributed by atoms with E-state index >= 15 is 0 Å². The Morgan fingerprint density at radius 2 is 1.76 bits per heavy atom. The van der Waals surface area contributed by atoms with Gasteiger partial charge in [0.25, 0.3) is 5.91 Å². The standard InChI is InChI=1S/C35H43ClF3N5O9S/c1-17(35(37,38)39)52-32(48)41-27(33(2,3)4)30(46)44-16-20(53-29-23-12-19(36)8-11-22(23)26(51-5)15-40-29)13-25(44)28(45)42-34(14-24(34)18-6-7-18)31(47)43-54(49,50)21-9-10-21/h8,11-12,15,17-18,20-21,24-25,27H,6-7,9-10,13-14,16H2,1-5H3,(H,41,48)(H,42,45)(H,43,47)/t17-,20+,24-,25-,27+,34+/m0/s1. The molecule has 4 amide bonds. The van der Waals surface area contributed by atoms with E-state index in [4.69, 9.17) is 21.1 Å². The number of pyridine rings is 1. The summed E-state index contributed by atoms with van der Waals surface area (Å²) in [5.41, 5.74) is -2.63. The summed E-state index contributed by atoms with van der Waals surface area (Å²) in [7, 11) is -2.48. The Bertz CT molecular complexity index is 1950. The number of nitrogens with zero attached hydrogens (tertiary/aromatic N) is 2. The van der Waals surface area contributed by atoms with Crippen LogP contribution in [0.3, 0.4) is 0 Å². The highest BCUT2D eigenvalue weighted by Gasteiger charge is 2.67. The number of aromatic nitrogens is 1. The van der Waals surface area contributed by atoms with E-state index in [2.05, 4.69) is 25.1 Å². The average molecular weight is 802 g/mol. The number of methoxy groups -OCH3 is 1. The van der Waals surface area contributed by atoms with Crippen molar-refractivity contribution in [1.29, 1.82) is 0 Å². The summed E-state index contributed by atoms with van der Waals surface area (Å²) in [4.78, 5) is 60.6. The van der Waals surface area contributed by atoms with Gasteiger partial charge in [-0.25, -0.2) is 18.2 Å². The molecule has 6 rings (SSSR count). The molecular formula is C35H43ClF3N5O9S. The number of carbonyl (C=O) groups excluding carboxylic acids is 4. The van der Waals surface area contributed by atoms with Crippen LogP contribution in [-0.2, 0) is 29.1 Å². The molecule has 54 heavy (non-hydrogen) atoms. The molecule has 2 aromatic rings. The molecule has 1 saturated heterocycles. The number of benzene rings is 1. The lowest BCUT2D eigenvalue weighted by Crippen LogP contribution is -2.60. The van der Waals surface area contributed by atoms with Crippen LogP contribution in [0.1, 0.15) is 66.2 Å². The molecule has 1 aromatic carbocycles. The van der Waals surface area contributed by atoms with E-state index in [-0.39, 0.29) is 37.1 Å². The summed E-state index contributed by atoms with van der Waals surface area (Å²) in [5.74, 6) is -2.11. The van der Waals surface area contributed by atoms with Crippen molar-refractivity contribution in [2.75, 3.05) is 13.7 Å². The molecule has 4 aliphatic rings. The number of halogens is 4. The van der Waals surface area contributed by atoms with Crippen molar-refractivity contribution in [2.45, 2.75) is 107 Å². The number of alkyl carbamates (subject to hydrolysis) is 1. The van der Waals surface area contributed by atoms with Gasteiger partial charge in [0.2, 0.25) is 27.7 Å². The fourth-order valence-corrected chi connectivity index (χ4v) is 8.49. The Labute approximate surface area is 315 Å². The minimum atomic E-state index is -4.85. The van der Waals surface area contributed by atoms with Crippen LogP contribution in [0.2, 0.25) is 5.02 Å². The van der Waals surface area contributed by atoms with Gasteiger partial charge in [-0.1, -0.05) is 32.4 Å². The number of ether oxygens (including phenoxy) is 3. The number of fused-ring (bicyclic) bond motifs is 1. The van der Waals surface area contributed by atoms with E-state index in [0.29, 0.717) is 41.3 Å². The Morgan fingerprint density at radius 1 is 1.07 bits per heavy atom. The maximum Gasteiger partial charge on any atom is 0.425 e. The summed E-state index contributed by atoms with van der Waals surface area (Å²) in [6.07, 6.45) is -5.76. The highest BCUT2D eigenvalue weighted by Crippen LogP contribution is 2.57. The molecule has 3 aliphatic carbocycles. The fraction of sp³-hybridized carbons (Fsp3) is 0.629. The van der Waals surface area contributed by atoms with Crippen molar-refractivity contribution >= 4 is 56.2 Å². The molecule has 0 radical (unpaired) electrons. The topological polar surface area (TPSA) is 182 Å². The third-order valence-corrected chi connectivity index (χ3v) is 12.5. The zero-order valence-electron chi connectivity index (χ0n) is 30.3. The summed E-state index contributed by atoms with van der Waals surface area (Å²) in [6.45, 7) is 5.13. The van der Waals surface area contributed by atoms with Crippen LogP contribution in [0.25, 0.3) is 10.8 Å². The lowest BCUT2D eigenvalue weighted by atomic mass is 9.85. The largest absolute Gasteiger partial charge is 0.494 e. The van der Waals surface area contributed by atoms with Gasteiger partial charge in [-0.3, -0.25) is 19.1 Å². The van der Waals surface area contributed by atoms with Gasteiger partial charge in [-0.05, 0) is 74.5 Å². The van der Waals surface area contributed by atoms with Crippen molar-refractivity contribution in [3.05, 3.63) is 29.4 Å². The lowest BCUT2D eigenvalue weighted by Gasteiger charge is -2.35. The second kappa shape index (κ2) is 14.2. The Hall–Kier alpha value is -4.06. The van der Waals surface area contributed by atoms with E-state index < -0.39 is 80.5 Å². The van der Waals surface area contributed by atoms with E-state index in [9.17, 15) is 40.8 Å². The van der Waals surface area contributed by atoms with Crippen LogP contribution < -0.4 is 24.8 Å². The molecule has 4 fully saturated rings. The van der Waals surface area contributed by atoms with Crippen LogP contribution in [0.4, 0.5) is 18.0 Å². The third kappa shape index (κ3) is 8.28. The van der Waals surface area contributed by atoms with Gasteiger partial charge in [0.1, 0.15) is 29.5 Å². The van der Waals surface area contributed by atoms with E-state index in [0.717, 1.165) is 17.7 Å². The minimum absolute atomic E-state index is 0.109. The molecule has 14 nitrogen and oxygen atoms in total. The molecule has 3 N–H and O–H groups in total. The second-order valence-corrected chi connectivity index (χ2v) is 18.0. The smallest absolute Gasteiger partial charge is 0.425 e. The lowest BCUT2D eigenvalue weighted by molar-refractivity contribution is -0.197. The molecule has 0 bridgehead atoms. The van der Waals surface area contributed by atoms with Crippen LogP contribution in [0, 0.1) is 17.3 Å². The number of amides is 4. The summed E-state index contributed by atoms with van der Waals surface area (Å²) in [5, 5.41) is 5.83. The Balaban J connectivity index is 1.30. The zero-order valence-corrected chi connectivity index (χ0v) is 31.9. The van der Waals surface area contributed by atoms with Crippen molar-refractivity contribution < 1.29 is 55.0 Å². The highest BCUT2D eigenvalue weighted by molar-refractivity contribution is 7.91. The Morgan fingerprint density at radius 3 is 2.35 bits per heavy atom. The monoisotopic (exact) mass is 801 g/mol. The molecule has 1 aromatic heterocycles. The predicted molar refractivity (Wildman–Crippen MR) is 188 cm³/mol. The normalized spacial score (nSPS) is 25.4. The first-order valence-corrected chi connectivity index (χ1v) is 19.6. The van der Waals surface area contributed by atoms with Crippen LogP contribution in [-0.4, -0.2) is 97.0 Å². The average Bonchev–Trinajstić information content (AvgIpc) is 3.95. The first kappa shape index (κ1) is 39.6. The first-order chi connectivity index (χ1) is 25.1.